The van der Waals surface area contributed by atoms with Crippen molar-refractivity contribution in [2.45, 2.75) is 13.0 Å². The number of benzene rings is 1. The zero-order chi connectivity index (χ0) is 10.4. The Balaban J connectivity index is 2.49. The van der Waals surface area contributed by atoms with Gasteiger partial charge in [-0.1, -0.05) is 30.3 Å². The third-order valence-electron chi connectivity index (χ3n) is 1.84. The molecule has 4 nitrogen and oxygen atoms in total. The number of nitrogens with zero attached hydrogens (tertiary/aromatic N) is 1. The Hall–Kier alpha value is -1.39. The summed E-state index contributed by atoms with van der Waals surface area (Å²) in [5.41, 5.74) is 0.973. The molecular formula is C10H14N2O2. The Morgan fingerprint density at radius 2 is 2.00 bits per heavy atom. The first-order chi connectivity index (χ1) is 6.74. The predicted octanol–water partition coefficient (Wildman–Crippen LogP) is 0.271. The average Bonchev–Trinajstić information content (AvgIpc) is 2.19. The molecule has 0 aliphatic carbocycles. The van der Waals surface area contributed by atoms with Gasteiger partial charge in [-0.25, -0.2) is 5.84 Å². The highest BCUT2D eigenvalue weighted by atomic mass is 16.3. The molecule has 0 aromatic heterocycles. The van der Waals surface area contributed by atoms with Crippen LogP contribution in [0.15, 0.2) is 30.3 Å². The fourth-order valence-electron chi connectivity index (χ4n) is 1.11. The van der Waals surface area contributed by atoms with Crippen LogP contribution >= 0.6 is 0 Å². The number of amides is 1. The Morgan fingerprint density at radius 3 is 2.57 bits per heavy atom. The lowest BCUT2D eigenvalue weighted by Crippen LogP contribution is -2.37. The molecule has 0 heterocycles. The van der Waals surface area contributed by atoms with Gasteiger partial charge in [0.1, 0.15) is 0 Å². The van der Waals surface area contributed by atoms with Gasteiger partial charge >= 0.3 is 0 Å². The van der Waals surface area contributed by atoms with E-state index < -0.39 is 0 Å². The highest BCUT2D eigenvalue weighted by Crippen LogP contribution is 2.01. The van der Waals surface area contributed by atoms with Crippen molar-refractivity contribution >= 4 is 5.91 Å². The fraction of sp³-hybridized carbons (Fsp3) is 0.300. The fourth-order valence-corrected chi connectivity index (χ4v) is 1.11. The van der Waals surface area contributed by atoms with E-state index in [9.17, 15) is 4.79 Å². The lowest BCUT2D eigenvalue weighted by Gasteiger charge is -2.15. The molecule has 1 amide bonds. The summed E-state index contributed by atoms with van der Waals surface area (Å²) in [6.45, 7) is 0.209. The third kappa shape index (κ3) is 3.16. The molecule has 0 spiro atoms. The number of hydrogen-bond acceptors (Lipinski definition) is 3. The van der Waals surface area contributed by atoms with Crippen molar-refractivity contribution in [1.82, 2.24) is 5.01 Å². The summed E-state index contributed by atoms with van der Waals surface area (Å²) < 4.78 is 0. The predicted molar refractivity (Wildman–Crippen MR) is 52.9 cm³/mol. The first-order valence-electron chi connectivity index (χ1n) is 4.44. The van der Waals surface area contributed by atoms with Crippen LogP contribution in [0, 0.1) is 0 Å². The maximum absolute atomic E-state index is 11.2. The van der Waals surface area contributed by atoms with Crippen molar-refractivity contribution in [2.75, 3.05) is 6.61 Å². The number of nitrogens with two attached hydrogens (primary N) is 1. The number of carbonyl (C=O) groups is 1. The molecule has 0 aliphatic rings. The molecule has 1 aromatic rings. The molecule has 0 radical (unpaired) electrons. The largest absolute Gasteiger partial charge is 0.396 e. The minimum atomic E-state index is -0.253. The van der Waals surface area contributed by atoms with E-state index in [0.29, 0.717) is 6.54 Å². The van der Waals surface area contributed by atoms with Gasteiger partial charge in [-0.2, -0.15) is 0 Å². The van der Waals surface area contributed by atoms with E-state index in [1.54, 1.807) is 0 Å². The van der Waals surface area contributed by atoms with Gasteiger partial charge < -0.3 is 5.11 Å². The Morgan fingerprint density at radius 1 is 1.36 bits per heavy atom. The van der Waals surface area contributed by atoms with Gasteiger partial charge in [0.25, 0.3) is 0 Å². The number of hydrogen-bond donors (Lipinski definition) is 2. The number of aliphatic hydroxyl groups excluding tert-OH is 1. The molecule has 1 rings (SSSR count). The van der Waals surface area contributed by atoms with Crippen LogP contribution in [-0.4, -0.2) is 22.6 Å². The normalized spacial score (nSPS) is 9.86. The molecule has 76 valence electrons. The summed E-state index contributed by atoms with van der Waals surface area (Å²) >= 11 is 0. The Kier molecular flexibility index (Phi) is 4.10. The summed E-state index contributed by atoms with van der Waals surface area (Å²) in [7, 11) is 0. The van der Waals surface area contributed by atoms with Gasteiger partial charge in [0, 0.05) is 0 Å². The van der Waals surface area contributed by atoms with Crippen molar-refractivity contribution < 1.29 is 9.90 Å². The molecule has 4 heteroatoms. The monoisotopic (exact) mass is 194 g/mol. The van der Waals surface area contributed by atoms with Crippen molar-refractivity contribution in [2.24, 2.45) is 5.84 Å². The van der Waals surface area contributed by atoms with Crippen molar-refractivity contribution in [3.05, 3.63) is 35.9 Å². The minimum Gasteiger partial charge on any atom is -0.396 e. The van der Waals surface area contributed by atoms with E-state index in [2.05, 4.69) is 0 Å². The van der Waals surface area contributed by atoms with Crippen LogP contribution in [0.25, 0.3) is 0 Å². The molecule has 0 atom stereocenters. The van der Waals surface area contributed by atoms with E-state index in [1.807, 2.05) is 30.3 Å². The summed E-state index contributed by atoms with van der Waals surface area (Å²) in [5.74, 6) is 5.25. The van der Waals surface area contributed by atoms with E-state index in [0.717, 1.165) is 10.6 Å². The Labute approximate surface area is 82.9 Å². The van der Waals surface area contributed by atoms with E-state index in [-0.39, 0.29) is 18.9 Å². The zero-order valence-electron chi connectivity index (χ0n) is 7.89. The quantitative estimate of drug-likeness (QED) is 0.411. The van der Waals surface area contributed by atoms with E-state index >= 15 is 0 Å². The van der Waals surface area contributed by atoms with Gasteiger partial charge in [0.2, 0.25) is 5.91 Å². The maximum atomic E-state index is 11.2. The van der Waals surface area contributed by atoms with Gasteiger partial charge in [-0.05, 0) is 5.56 Å². The van der Waals surface area contributed by atoms with Gasteiger partial charge in [-0.3, -0.25) is 9.80 Å². The molecule has 0 saturated heterocycles. The molecule has 0 saturated carbocycles. The highest BCUT2D eigenvalue weighted by Gasteiger charge is 2.08. The van der Waals surface area contributed by atoms with Crippen LogP contribution in [0.3, 0.4) is 0 Å². The Bertz CT molecular complexity index is 287. The summed E-state index contributed by atoms with van der Waals surface area (Å²) in [5, 5.41) is 9.67. The van der Waals surface area contributed by atoms with Crippen LogP contribution in [-0.2, 0) is 11.3 Å². The molecule has 0 bridgehead atoms. The van der Waals surface area contributed by atoms with Gasteiger partial charge in [-0.15, -0.1) is 0 Å². The topological polar surface area (TPSA) is 66.6 Å². The highest BCUT2D eigenvalue weighted by molar-refractivity contribution is 5.75. The van der Waals surface area contributed by atoms with Crippen LogP contribution in [0.2, 0.25) is 0 Å². The van der Waals surface area contributed by atoms with Crippen LogP contribution in [0.1, 0.15) is 12.0 Å². The molecule has 1 aromatic carbocycles. The number of rotatable bonds is 4. The van der Waals surface area contributed by atoms with E-state index in [4.69, 9.17) is 10.9 Å². The van der Waals surface area contributed by atoms with Crippen LogP contribution < -0.4 is 5.84 Å². The number of carbonyl (C=O) groups excluding carboxylic acids is 1. The van der Waals surface area contributed by atoms with Crippen molar-refractivity contribution in [1.29, 1.82) is 0 Å². The molecule has 0 unspecified atom stereocenters. The molecule has 3 N–H and O–H groups in total. The molecule has 14 heavy (non-hydrogen) atoms. The minimum absolute atomic E-state index is 0.0728. The number of aliphatic hydroxyl groups is 1. The lowest BCUT2D eigenvalue weighted by atomic mass is 10.2. The standard InChI is InChI=1S/C10H14N2O2/c11-12(10(14)6-7-13)8-9-4-2-1-3-5-9/h1-5,13H,6-8,11H2. The van der Waals surface area contributed by atoms with Gasteiger partial charge in [0.15, 0.2) is 0 Å². The smallest absolute Gasteiger partial charge is 0.239 e. The lowest BCUT2D eigenvalue weighted by molar-refractivity contribution is -0.132. The summed E-state index contributed by atoms with van der Waals surface area (Å²) in [6.07, 6.45) is 0.0728. The number of hydrazine groups is 1. The van der Waals surface area contributed by atoms with Crippen LogP contribution in [0.5, 0.6) is 0 Å². The maximum Gasteiger partial charge on any atom is 0.239 e. The third-order valence-corrected chi connectivity index (χ3v) is 1.84. The molecule has 0 aliphatic heterocycles. The summed E-state index contributed by atoms with van der Waals surface area (Å²) in [6, 6.07) is 9.47. The van der Waals surface area contributed by atoms with Crippen LogP contribution in [0.4, 0.5) is 0 Å². The molecule has 0 fully saturated rings. The summed E-state index contributed by atoms with van der Waals surface area (Å²) in [4.78, 5) is 11.2. The first-order valence-corrected chi connectivity index (χ1v) is 4.44. The SMILES string of the molecule is NN(Cc1ccccc1)C(=O)CCO. The zero-order valence-corrected chi connectivity index (χ0v) is 7.89. The second kappa shape index (κ2) is 5.36. The van der Waals surface area contributed by atoms with E-state index in [1.165, 1.54) is 0 Å². The van der Waals surface area contributed by atoms with Crippen molar-refractivity contribution in [3.63, 3.8) is 0 Å². The van der Waals surface area contributed by atoms with Crippen molar-refractivity contribution in [3.8, 4) is 0 Å². The second-order valence-corrected chi connectivity index (χ2v) is 2.98. The second-order valence-electron chi connectivity index (χ2n) is 2.98. The first kappa shape index (κ1) is 10.7. The average molecular weight is 194 g/mol. The molecular weight excluding hydrogens is 180 g/mol. The van der Waals surface area contributed by atoms with Gasteiger partial charge in [0.05, 0.1) is 19.6 Å².